The molecule has 0 spiro atoms. The molecule has 0 bridgehead atoms. The molecule has 1 aromatic carbocycles. The van der Waals surface area contributed by atoms with Crippen LogP contribution >= 0.6 is 11.8 Å². The highest BCUT2D eigenvalue weighted by Gasteiger charge is 2.28. The number of rotatable bonds is 8. The van der Waals surface area contributed by atoms with Crippen LogP contribution < -0.4 is 10.1 Å². The molecule has 0 heterocycles. The van der Waals surface area contributed by atoms with E-state index in [1.807, 2.05) is 24.3 Å². The summed E-state index contributed by atoms with van der Waals surface area (Å²) < 4.78 is 10.2. The third-order valence-corrected chi connectivity index (χ3v) is 4.32. The Morgan fingerprint density at radius 3 is 2.80 bits per heavy atom. The van der Waals surface area contributed by atoms with Gasteiger partial charge in [0.25, 0.3) is 0 Å². The number of benzene rings is 1. The van der Waals surface area contributed by atoms with Gasteiger partial charge in [0.1, 0.15) is 11.8 Å². The van der Waals surface area contributed by atoms with Crippen LogP contribution in [0.1, 0.15) is 19.3 Å². The maximum absolute atomic E-state index is 11.7. The zero-order valence-electron chi connectivity index (χ0n) is 11.9. The fourth-order valence-electron chi connectivity index (χ4n) is 1.97. The molecule has 1 unspecified atom stereocenters. The Labute approximate surface area is 124 Å². The van der Waals surface area contributed by atoms with E-state index in [-0.39, 0.29) is 12.0 Å². The van der Waals surface area contributed by atoms with Crippen molar-refractivity contribution in [3.63, 3.8) is 0 Å². The van der Waals surface area contributed by atoms with E-state index in [0.29, 0.717) is 6.04 Å². The first-order valence-electron chi connectivity index (χ1n) is 6.84. The minimum atomic E-state index is -0.199. The predicted octanol–water partition coefficient (Wildman–Crippen LogP) is 2.47. The van der Waals surface area contributed by atoms with Crippen molar-refractivity contribution in [1.82, 2.24) is 5.32 Å². The standard InChI is InChI=1S/C15H21NO3S/c1-18-13-5-3-4-6-14(13)20-10-9-12(15(17)19-2)16-11-7-8-11/h3-6,11-12,16H,7-10H2,1-2H3. The van der Waals surface area contributed by atoms with Gasteiger partial charge in [0.15, 0.2) is 0 Å². The lowest BCUT2D eigenvalue weighted by molar-refractivity contribution is -0.143. The Hall–Kier alpha value is -1.20. The number of nitrogens with one attached hydrogen (secondary N) is 1. The summed E-state index contributed by atoms with van der Waals surface area (Å²) in [6, 6.07) is 8.22. The van der Waals surface area contributed by atoms with Gasteiger partial charge in [-0.05, 0) is 31.4 Å². The summed E-state index contributed by atoms with van der Waals surface area (Å²) in [5, 5.41) is 3.34. The molecule has 2 rings (SSSR count). The largest absolute Gasteiger partial charge is 0.496 e. The topological polar surface area (TPSA) is 47.6 Å². The molecule has 1 atom stereocenters. The van der Waals surface area contributed by atoms with Gasteiger partial charge < -0.3 is 14.8 Å². The SMILES string of the molecule is COC(=O)C(CCSc1ccccc1OC)NC1CC1. The van der Waals surface area contributed by atoms with Gasteiger partial charge in [0, 0.05) is 16.7 Å². The summed E-state index contributed by atoms with van der Waals surface area (Å²) in [4.78, 5) is 12.8. The van der Waals surface area contributed by atoms with Crippen LogP contribution in [0.3, 0.4) is 0 Å². The molecular formula is C15H21NO3S. The number of esters is 1. The van der Waals surface area contributed by atoms with E-state index in [2.05, 4.69) is 5.32 Å². The van der Waals surface area contributed by atoms with E-state index >= 15 is 0 Å². The van der Waals surface area contributed by atoms with E-state index < -0.39 is 0 Å². The van der Waals surface area contributed by atoms with Crippen molar-refractivity contribution in [2.75, 3.05) is 20.0 Å². The number of methoxy groups -OCH3 is 2. The number of hydrogen-bond acceptors (Lipinski definition) is 5. The molecule has 20 heavy (non-hydrogen) atoms. The zero-order valence-corrected chi connectivity index (χ0v) is 12.7. The highest BCUT2D eigenvalue weighted by Crippen LogP contribution is 2.29. The van der Waals surface area contributed by atoms with Crippen LogP contribution in [0.5, 0.6) is 5.75 Å². The smallest absolute Gasteiger partial charge is 0.322 e. The molecule has 110 valence electrons. The molecule has 1 aromatic rings. The number of para-hydroxylation sites is 1. The van der Waals surface area contributed by atoms with Crippen molar-refractivity contribution in [1.29, 1.82) is 0 Å². The number of ether oxygens (including phenoxy) is 2. The maximum Gasteiger partial charge on any atom is 0.322 e. The van der Waals surface area contributed by atoms with Crippen LogP contribution in [0.4, 0.5) is 0 Å². The average molecular weight is 295 g/mol. The lowest BCUT2D eigenvalue weighted by atomic mass is 10.2. The van der Waals surface area contributed by atoms with Crippen LogP contribution in [-0.4, -0.2) is 38.0 Å². The van der Waals surface area contributed by atoms with Crippen molar-refractivity contribution in [2.24, 2.45) is 0 Å². The minimum Gasteiger partial charge on any atom is -0.496 e. The van der Waals surface area contributed by atoms with Gasteiger partial charge in [0.2, 0.25) is 0 Å². The highest BCUT2D eigenvalue weighted by atomic mass is 32.2. The van der Waals surface area contributed by atoms with E-state index in [4.69, 9.17) is 9.47 Å². The van der Waals surface area contributed by atoms with E-state index in [1.165, 1.54) is 7.11 Å². The van der Waals surface area contributed by atoms with E-state index in [0.717, 1.165) is 35.7 Å². The second-order valence-corrected chi connectivity index (χ2v) is 5.94. The fraction of sp³-hybridized carbons (Fsp3) is 0.533. The van der Waals surface area contributed by atoms with Crippen LogP contribution in [0.15, 0.2) is 29.2 Å². The molecule has 0 aliphatic heterocycles. The lowest BCUT2D eigenvalue weighted by Crippen LogP contribution is -2.39. The average Bonchev–Trinajstić information content (AvgIpc) is 3.30. The second kappa shape index (κ2) is 7.55. The molecule has 5 heteroatoms. The Morgan fingerprint density at radius 1 is 1.40 bits per heavy atom. The lowest BCUT2D eigenvalue weighted by Gasteiger charge is -2.16. The van der Waals surface area contributed by atoms with Crippen molar-refractivity contribution in [2.45, 2.75) is 36.2 Å². The van der Waals surface area contributed by atoms with Crippen LogP contribution in [0.25, 0.3) is 0 Å². The number of hydrogen-bond donors (Lipinski definition) is 1. The maximum atomic E-state index is 11.7. The van der Waals surface area contributed by atoms with Crippen molar-refractivity contribution >= 4 is 17.7 Å². The third-order valence-electron chi connectivity index (χ3n) is 3.23. The third kappa shape index (κ3) is 4.42. The van der Waals surface area contributed by atoms with E-state index in [9.17, 15) is 4.79 Å². The Morgan fingerprint density at radius 2 is 2.15 bits per heavy atom. The number of thioether (sulfide) groups is 1. The molecule has 1 N–H and O–H groups in total. The predicted molar refractivity (Wildman–Crippen MR) is 80.3 cm³/mol. The van der Waals surface area contributed by atoms with Crippen molar-refractivity contribution < 1.29 is 14.3 Å². The van der Waals surface area contributed by atoms with Gasteiger partial charge in [-0.25, -0.2) is 0 Å². The van der Waals surface area contributed by atoms with Crippen molar-refractivity contribution in [3.05, 3.63) is 24.3 Å². The minimum absolute atomic E-state index is 0.169. The van der Waals surface area contributed by atoms with Gasteiger partial charge in [-0.2, -0.15) is 0 Å². The Balaban J connectivity index is 1.84. The summed E-state index contributed by atoms with van der Waals surface area (Å²) in [6.07, 6.45) is 3.08. The van der Waals surface area contributed by atoms with Crippen LogP contribution in [0, 0.1) is 0 Å². The Bertz CT molecular complexity index is 448. The van der Waals surface area contributed by atoms with Crippen LogP contribution in [-0.2, 0) is 9.53 Å². The molecule has 1 saturated carbocycles. The molecule has 0 aromatic heterocycles. The fourth-order valence-corrected chi connectivity index (χ4v) is 3.01. The number of carbonyl (C=O) groups excluding carboxylic acids is 1. The first-order chi connectivity index (χ1) is 9.74. The van der Waals surface area contributed by atoms with E-state index in [1.54, 1.807) is 18.9 Å². The number of carbonyl (C=O) groups is 1. The first kappa shape index (κ1) is 15.2. The molecule has 1 aliphatic carbocycles. The quantitative estimate of drug-likeness (QED) is 0.590. The Kier molecular flexibility index (Phi) is 5.73. The molecule has 0 amide bonds. The van der Waals surface area contributed by atoms with Gasteiger partial charge in [-0.15, -0.1) is 11.8 Å². The molecule has 0 radical (unpaired) electrons. The summed E-state index contributed by atoms with van der Waals surface area (Å²) in [6.45, 7) is 0. The van der Waals surface area contributed by atoms with Gasteiger partial charge in [-0.3, -0.25) is 4.79 Å². The zero-order chi connectivity index (χ0) is 14.4. The first-order valence-corrected chi connectivity index (χ1v) is 7.83. The summed E-state index contributed by atoms with van der Waals surface area (Å²) in [7, 11) is 3.11. The molecular weight excluding hydrogens is 274 g/mol. The summed E-state index contributed by atoms with van der Waals surface area (Å²) in [5.41, 5.74) is 0. The normalized spacial score (nSPS) is 15.7. The van der Waals surface area contributed by atoms with Gasteiger partial charge >= 0.3 is 5.97 Å². The monoisotopic (exact) mass is 295 g/mol. The molecule has 1 fully saturated rings. The summed E-state index contributed by atoms with van der Waals surface area (Å²) in [5.74, 6) is 1.56. The van der Waals surface area contributed by atoms with Gasteiger partial charge in [-0.1, -0.05) is 12.1 Å². The highest BCUT2D eigenvalue weighted by molar-refractivity contribution is 7.99. The summed E-state index contributed by atoms with van der Waals surface area (Å²) >= 11 is 1.70. The van der Waals surface area contributed by atoms with Gasteiger partial charge in [0.05, 0.1) is 14.2 Å². The van der Waals surface area contributed by atoms with Crippen LogP contribution in [0.2, 0.25) is 0 Å². The van der Waals surface area contributed by atoms with Crippen molar-refractivity contribution in [3.8, 4) is 5.75 Å². The molecule has 1 aliphatic rings. The second-order valence-electron chi connectivity index (χ2n) is 4.80. The molecule has 4 nitrogen and oxygen atoms in total. The molecule has 0 saturated heterocycles.